The fourth-order valence-electron chi connectivity index (χ4n) is 9.67. The van der Waals surface area contributed by atoms with E-state index in [2.05, 4.69) is 108 Å². The molecule has 61 heavy (non-hydrogen) atoms. The second kappa shape index (κ2) is 16.6. The molecule has 0 spiro atoms. The van der Waals surface area contributed by atoms with E-state index >= 15 is 0 Å². The zero-order valence-electron chi connectivity index (χ0n) is 35.5. The molecule has 0 saturated carbocycles. The number of alkyl carbamates (subject to hydrolysis) is 1. The summed E-state index contributed by atoms with van der Waals surface area (Å²) < 4.78 is 45.3. The quantitative estimate of drug-likeness (QED) is 0.104. The van der Waals surface area contributed by atoms with Crippen molar-refractivity contribution in [2.45, 2.75) is 50.7 Å². The van der Waals surface area contributed by atoms with Crippen molar-refractivity contribution in [1.82, 2.24) is 5.32 Å². The van der Waals surface area contributed by atoms with Crippen molar-refractivity contribution < 1.29 is 32.9 Å². The van der Waals surface area contributed by atoms with Gasteiger partial charge in [0.2, 0.25) is 0 Å². The fraction of sp³-hybridized carbons (Fsp3) is 0.353. The van der Waals surface area contributed by atoms with Gasteiger partial charge in [-0.25, -0.2) is 9.18 Å². The number of anilines is 2. The Kier molecular flexibility index (Phi) is 11.0. The van der Waals surface area contributed by atoms with Gasteiger partial charge in [-0.1, -0.05) is 80.6 Å². The summed E-state index contributed by atoms with van der Waals surface area (Å²) in [6.07, 6.45) is 5.09. The minimum atomic E-state index is -1.06. The van der Waals surface area contributed by atoms with Gasteiger partial charge < -0.3 is 38.8 Å². The number of hydrogen-bond donors (Lipinski definition) is 1. The number of methoxy groups -OCH3 is 1. The summed E-state index contributed by atoms with van der Waals surface area (Å²) in [5, 5.41) is 4.81. The normalized spacial score (nSPS) is 19.2. The van der Waals surface area contributed by atoms with E-state index < -0.39 is 11.7 Å². The minimum Gasteiger partial charge on any atom is -0.495 e. The van der Waals surface area contributed by atoms with Crippen LogP contribution in [-0.2, 0) is 25.2 Å². The van der Waals surface area contributed by atoms with Crippen LogP contribution in [0.1, 0.15) is 61.4 Å². The highest BCUT2D eigenvalue weighted by molar-refractivity contribution is 6.10. The first-order valence-corrected chi connectivity index (χ1v) is 21.4. The summed E-state index contributed by atoms with van der Waals surface area (Å²) in [6.45, 7) is 16.0. The first-order chi connectivity index (χ1) is 29.6. The minimum absolute atomic E-state index is 0.203. The zero-order valence-corrected chi connectivity index (χ0v) is 35.5. The van der Waals surface area contributed by atoms with E-state index in [1.165, 1.54) is 34.4 Å². The Hall–Kier alpha value is -5.84. The molecule has 1 aliphatic carbocycles. The van der Waals surface area contributed by atoms with Gasteiger partial charge in [-0.3, -0.25) is 0 Å². The molecule has 0 bridgehead atoms. The highest BCUT2D eigenvalue weighted by Crippen LogP contribution is 2.59. The van der Waals surface area contributed by atoms with E-state index in [-0.39, 0.29) is 17.3 Å². The monoisotopic (exact) mass is 823 g/mol. The topological polar surface area (TPSA) is 81.7 Å². The molecule has 5 aromatic carbocycles. The number of morpholine rings is 1. The summed E-state index contributed by atoms with van der Waals surface area (Å²) >= 11 is 0. The third kappa shape index (κ3) is 7.50. The second-order valence-corrected chi connectivity index (χ2v) is 17.1. The van der Waals surface area contributed by atoms with Crippen molar-refractivity contribution in [3.63, 3.8) is 0 Å². The van der Waals surface area contributed by atoms with Gasteiger partial charge in [0.05, 0.1) is 39.2 Å². The maximum absolute atomic E-state index is 14.6. The van der Waals surface area contributed by atoms with Gasteiger partial charge >= 0.3 is 6.09 Å². The summed E-state index contributed by atoms with van der Waals surface area (Å²) in [6, 6.07) is 28.3. The standard InChI is InChI=1S/C51H54FN3O6/c1-33(2)32-59-27-22-53-49(56)60-38-19-23-55(24-20-38)44-30-41-42(31-45(44)57-5)48-40(47-46(41)39-8-6-7-9-43(39)50(47,3)4)18-21-51(61-48,34-10-14-36(52)15-11-34)35-12-16-37(17-13-35)54-25-28-58-29-26-54/h6-18,21,30-31,38H,1,19-20,22-29,32H2,2-5H3,(H,53,56). The molecule has 2 saturated heterocycles. The van der Waals surface area contributed by atoms with Gasteiger partial charge in [0, 0.05) is 78.7 Å². The van der Waals surface area contributed by atoms with Crippen LogP contribution in [0.15, 0.2) is 103 Å². The Morgan fingerprint density at radius 2 is 1.62 bits per heavy atom. The van der Waals surface area contributed by atoms with Gasteiger partial charge in [-0.15, -0.1) is 0 Å². The zero-order chi connectivity index (χ0) is 42.3. The molecule has 5 aromatic rings. The lowest BCUT2D eigenvalue weighted by Crippen LogP contribution is -2.40. The molecule has 0 radical (unpaired) electrons. The molecular weight excluding hydrogens is 770 g/mol. The molecule has 316 valence electrons. The summed E-state index contributed by atoms with van der Waals surface area (Å²) in [5.74, 6) is 1.18. The van der Waals surface area contributed by atoms with E-state index in [4.69, 9.17) is 23.7 Å². The SMILES string of the molecule is C=C(C)COCCNC(=O)OC1CCN(c2cc3c4c(c5c(c3cc2OC)OC(c2ccc(F)cc2)(c2ccc(N3CCOCC3)cc2)C=C5)C(C)(C)c2ccccc2-4)CC1. The Morgan fingerprint density at radius 3 is 2.33 bits per heavy atom. The molecule has 9 nitrogen and oxygen atoms in total. The van der Waals surface area contributed by atoms with Crippen LogP contribution in [0.3, 0.4) is 0 Å². The molecule has 1 atom stereocenters. The molecule has 9 rings (SSSR count). The number of carbonyl (C=O) groups excluding carboxylic acids is 1. The van der Waals surface area contributed by atoms with E-state index in [1.54, 1.807) is 7.11 Å². The molecule has 0 aromatic heterocycles. The number of piperidine rings is 1. The lowest BCUT2D eigenvalue weighted by molar-refractivity contribution is 0.0796. The molecule has 1 unspecified atom stereocenters. The molecule has 3 aliphatic heterocycles. The van der Waals surface area contributed by atoms with Crippen LogP contribution in [0.25, 0.3) is 28.0 Å². The number of amides is 1. The molecule has 3 heterocycles. The number of carbonyl (C=O) groups is 1. The highest BCUT2D eigenvalue weighted by atomic mass is 19.1. The smallest absolute Gasteiger partial charge is 0.407 e. The molecule has 4 aliphatic rings. The predicted octanol–water partition coefficient (Wildman–Crippen LogP) is 9.77. The van der Waals surface area contributed by atoms with Crippen LogP contribution in [0.4, 0.5) is 20.6 Å². The second-order valence-electron chi connectivity index (χ2n) is 17.1. The molecule has 1 amide bonds. The molecule has 1 N–H and O–H groups in total. The average molecular weight is 824 g/mol. The first kappa shape index (κ1) is 40.6. The molecular formula is C51H54FN3O6. The number of fused-ring (bicyclic) bond motifs is 8. The number of nitrogens with one attached hydrogen (secondary N) is 1. The van der Waals surface area contributed by atoms with E-state index in [1.807, 2.05) is 19.1 Å². The van der Waals surface area contributed by atoms with Gasteiger partial charge in [0.15, 0.2) is 5.60 Å². The number of ether oxygens (including phenoxy) is 5. The summed E-state index contributed by atoms with van der Waals surface area (Å²) in [7, 11) is 1.71. The van der Waals surface area contributed by atoms with E-state index in [0.717, 1.165) is 69.0 Å². The lowest BCUT2D eigenvalue weighted by atomic mass is 9.76. The number of hydrogen-bond acceptors (Lipinski definition) is 8. The largest absolute Gasteiger partial charge is 0.495 e. The van der Waals surface area contributed by atoms with Gasteiger partial charge in [0.25, 0.3) is 0 Å². The maximum Gasteiger partial charge on any atom is 0.407 e. The maximum atomic E-state index is 14.6. The summed E-state index contributed by atoms with van der Waals surface area (Å²) in [5.41, 5.74) is 9.31. The van der Waals surface area contributed by atoms with Crippen molar-refractivity contribution in [3.8, 4) is 22.6 Å². The van der Waals surface area contributed by atoms with Crippen molar-refractivity contribution >= 4 is 34.3 Å². The highest BCUT2D eigenvalue weighted by Gasteiger charge is 2.44. The Morgan fingerprint density at radius 1 is 0.918 bits per heavy atom. The van der Waals surface area contributed by atoms with Crippen LogP contribution in [-0.4, -0.2) is 78.5 Å². The van der Waals surface area contributed by atoms with E-state index in [9.17, 15) is 9.18 Å². The number of rotatable bonds is 11. The van der Waals surface area contributed by atoms with Gasteiger partial charge in [-0.05, 0) is 77.0 Å². The molecule has 2 fully saturated rings. The van der Waals surface area contributed by atoms with Crippen LogP contribution in [0.2, 0.25) is 0 Å². The van der Waals surface area contributed by atoms with Crippen LogP contribution in [0, 0.1) is 5.82 Å². The van der Waals surface area contributed by atoms with Crippen molar-refractivity contribution in [1.29, 1.82) is 0 Å². The predicted molar refractivity (Wildman–Crippen MR) is 240 cm³/mol. The Balaban J connectivity index is 1.11. The van der Waals surface area contributed by atoms with Crippen molar-refractivity contribution in [2.24, 2.45) is 0 Å². The van der Waals surface area contributed by atoms with Gasteiger partial charge in [0.1, 0.15) is 23.4 Å². The Labute approximate surface area is 357 Å². The van der Waals surface area contributed by atoms with E-state index in [0.29, 0.717) is 58.9 Å². The number of benzene rings is 5. The number of nitrogens with zero attached hydrogens (tertiary/aromatic N) is 2. The Bertz CT molecular complexity index is 2490. The summed E-state index contributed by atoms with van der Waals surface area (Å²) in [4.78, 5) is 17.3. The third-order valence-electron chi connectivity index (χ3n) is 12.7. The lowest BCUT2D eigenvalue weighted by Gasteiger charge is -2.39. The fourth-order valence-corrected chi connectivity index (χ4v) is 9.67. The van der Waals surface area contributed by atoms with Crippen molar-refractivity contribution in [2.75, 3.05) is 76.1 Å². The van der Waals surface area contributed by atoms with Crippen LogP contribution in [0.5, 0.6) is 11.5 Å². The van der Waals surface area contributed by atoms with Crippen molar-refractivity contribution in [3.05, 3.63) is 137 Å². The number of halogens is 1. The average Bonchev–Trinajstić information content (AvgIpc) is 3.52. The first-order valence-electron chi connectivity index (χ1n) is 21.4. The third-order valence-corrected chi connectivity index (χ3v) is 12.7. The molecule has 10 heteroatoms. The van der Waals surface area contributed by atoms with Gasteiger partial charge in [-0.2, -0.15) is 0 Å². The van der Waals surface area contributed by atoms with Crippen LogP contribution < -0.4 is 24.6 Å². The van der Waals surface area contributed by atoms with Crippen LogP contribution >= 0.6 is 0 Å².